The van der Waals surface area contributed by atoms with Crippen LogP contribution >= 0.6 is 27.5 Å². The number of anilines is 1. The summed E-state index contributed by atoms with van der Waals surface area (Å²) in [6, 6.07) is 20.5. The van der Waals surface area contributed by atoms with Crippen molar-refractivity contribution in [2.45, 2.75) is 18.4 Å². The predicted octanol–water partition coefficient (Wildman–Crippen LogP) is 4.92. The molecule has 1 amide bonds. The van der Waals surface area contributed by atoms with Crippen LogP contribution in [0.5, 0.6) is 0 Å². The second-order valence-corrected chi connectivity index (χ2v) is 9.85. The van der Waals surface area contributed by atoms with Gasteiger partial charge < -0.3 is 5.32 Å². The number of nitrogens with zero attached hydrogens (tertiary/aromatic N) is 1. The van der Waals surface area contributed by atoms with Gasteiger partial charge in [0.2, 0.25) is 5.91 Å². The number of hydrogen-bond donors (Lipinski definition) is 1. The minimum absolute atomic E-state index is 0.120. The molecule has 5 nitrogen and oxygen atoms in total. The monoisotopic (exact) mass is 506 g/mol. The van der Waals surface area contributed by atoms with E-state index >= 15 is 0 Å². The zero-order valence-corrected chi connectivity index (χ0v) is 19.3. The number of nitrogens with one attached hydrogen (secondary N) is 1. The van der Waals surface area contributed by atoms with Crippen LogP contribution in [-0.4, -0.2) is 20.9 Å². The summed E-state index contributed by atoms with van der Waals surface area (Å²) in [5.74, 6) is -0.437. The van der Waals surface area contributed by atoms with E-state index in [-0.39, 0.29) is 18.0 Å². The highest BCUT2D eigenvalue weighted by Gasteiger charge is 2.27. The number of hydrogen-bond acceptors (Lipinski definition) is 3. The van der Waals surface area contributed by atoms with E-state index in [9.17, 15) is 13.2 Å². The third kappa shape index (κ3) is 5.41. The van der Waals surface area contributed by atoms with Gasteiger partial charge in [0.25, 0.3) is 10.0 Å². The summed E-state index contributed by atoms with van der Waals surface area (Å²) >= 11 is 9.47. The topological polar surface area (TPSA) is 66.5 Å². The molecule has 30 heavy (non-hydrogen) atoms. The molecule has 0 aliphatic rings. The highest BCUT2D eigenvalue weighted by Crippen LogP contribution is 2.25. The zero-order chi connectivity index (χ0) is 21.7. The zero-order valence-electron chi connectivity index (χ0n) is 16.2. The van der Waals surface area contributed by atoms with E-state index < -0.39 is 15.9 Å². The molecule has 0 aliphatic carbocycles. The van der Waals surface area contributed by atoms with Crippen LogP contribution < -0.4 is 9.62 Å². The quantitative estimate of drug-likeness (QED) is 0.493. The van der Waals surface area contributed by atoms with Crippen molar-refractivity contribution in [2.24, 2.45) is 0 Å². The SMILES string of the molecule is Cc1ccc(S(=O)(=O)N(CC(=O)NCc2ccccc2Cl)c2ccc(Br)cc2)cc1. The number of sulfonamides is 1. The Kier molecular flexibility index (Phi) is 7.18. The molecule has 0 atom stereocenters. The molecule has 0 aromatic heterocycles. The number of benzene rings is 3. The normalized spacial score (nSPS) is 11.2. The Hall–Kier alpha value is -2.35. The van der Waals surface area contributed by atoms with Crippen LogP contribution in [0.15, 0.2) is 82.2 Å². The van der Waals surface area contributed by atoms with E-state index in [4.69, 9.17) is 11.6 Å². The van der Waals surface area contributed by atoms with Crippen LogP contribution in [0.4, 0.5) is 5.69 Å². The molecular weight excluding hydrogens is 488 g/mol. The highest BCUT2D eigenvalue weighted by molar-refractivity contribution is 9.10. The number of halogens is 2. The van der Waals surface area contributed by atoms with Gasteiger partial charge in [0.05, 0.1) is 10.6 Å². The fourth-order valence-corrected chi connectivity index (χ4v) is 4.67. The predicted molar refractivity (Wildman–Crippen MR) is 123 cm³/mol. The molecule has 0 saturated heterocycles. The van der Waals surface area contributed by atoms with Crippen LogP contribution in [0.2, 0.25) is 5.02 Å². The molecule has 8 heteroatoms. The number of amides is 1. The molecule has 1 N–H and O–H groups in total. The van der Waals surface area contributed by atoms with E-state index in [2.05, 4.69) is 21.2 Å². The van der Waals surface area contributed by atoms with Gasteiger partial charge in [-0.05, 0) is 55.0 Å². The van der Waals surface area contributed by atoms with Gasteiger partial charge in [-0.3, -0.25) is 9.10 Å². The third-order valence-electron chi connectivity index (χ3n) is 4.44. The molecule has 156 valence electrons. The maximum atomic E-state index is 13.3. The molecule has 0 saturated carbocycles. The Morgan fingerprint density at radius 1 is 1.00 bits per heavy atom. The lowest BCUT2D eigenvalue weighted by Crippen LogP contribution is -2.40. The van der Waals surface area contributed by atoms with Crippen LogP contribution in [0, 0.1) is 6.92 Å². The Balaban J connectivity index is 1.86. The summed E-state index contributed by atoms with van der Waals surface area (Å²) in [4.78, 5) is 12.8. The van der Waals surface area contributed by atoms with Crippen LogP contribution in [-0.2, 0) is 21.4 Å². The standard InChI is InChI=1S/C22H20BrClN2O3S/c1-16-6-12-20(13-7-16)30(28,29)26(19-10-8-18(23)9-11-19)15-22(27)25-14-17-4-2-3-5-21(17)24/h2-13H,14-15H2,1H3,(H,25,27). The second-order valence-electron chi connectivity index (χ2n) is 6.67. The van der Waals surface area contributed by atoms with E-state index in [1.165, 1.54) is 12.1 Å². The average Bonchev–Trinajstić information content (AvgIpc) is 2.72. The van der Waals surface area contributed by atoms with E-state index in [0.29, 0.717) is 10.7 Å². The van der Waals surface area contributed by atoms with Crippen LogP contribution in [0.1, 0.15) is 11.1 Å². The lowest BCUT2D eigenvalue weighted by atomic mass is 10.2. The van der Waals surface area contributed by atoms with Gasteiger partial charge in [-0.2, -0.15) is 0 Å². The largest absolute Gasteiger partial charge is 0.350 e. The minimum atomic E-state index is -3.94. The molecule has 0 bridgehead atoms. The lowest BCUT2D eigenvalue weighted by molar-refractivity contribution is -0.119. The molecule has 0 heterocycles. The van der Waals surface area contributed by atoms with Crippen molar-refractivity contribution < 1.29 is 13.2 Å². The van der Waals surface area contributed by atoms with Crippen molar-refractivity contribution >= 4 is 49.1 Å². The average molecular weight is 508 g/mol. The van der Waals surface area contributed by atoms with E-state index in [1.807, 2.05) is 13.0 Å². The van der Waals surface area contributed by atoms with Crippen molar-refractivity contribution in [1.29, 1.82) is 0 Å². The van der Waals surface area contributed by atoms with Crippen molar-refractivity contribution in [3.05, 3.63) is 93.4 Å². The molecule has 0 unspecified atom stereocenters. The molecule has 0 spiro atoms. The fraction of sp³-hybridized carbons (Fsp3) is 0.136. The molecule has 3 aromatic carbocycles. The van der Waals surface area contributed by atoms with E-state index in [0.717, 1.165) is 19.9 Å². The van der Waals surface area contributed by atoms with Crippen molar-refractivity contribution in [3.8, 4) is 0 Å². The second kappa shape index (κ2) is 9.64. The Morgan fingerprint density at radius 3 is 2.27 bits per heavy atom. The van der Waals surface area contributed by atoms with Gasteiger partial charge in [0.1, 0.15) is 6.54 Å². The Morgan fingerprint density at radius 2 is 1.63 bits per heavy atom. The fourth-order valence-electron chi connectivity index (χ4n) is 2.78. The summed E-state index contributed by atoms with van der Waals surface area (Å²) in [6.07, 6.45) is 0. The third-order valence-corrected chi connectivity index (χ3v) is 7.13. The number of carbonyl (C=O) groups is 1. The first-order chi connectivity index (χ1) is 14.3. The summed E-state index contributed by atoms with van der Waals surface area (Å²) in [6.45, 7) is 1.73. The highest BCUT2D eigenvalue weighted by atomic mass is 79.9. The van der Waals surface area contributed by atoms with E-state index in [1.54, 1.807) is 54.6 Å². The van der Waals surface area contributed by atoms with Crippen LogP contribution in [0.3, 0.4) is 0 Å². The molecule has 0 aliphatic heterocycles. The van der Waals surface area contributed by atoms with Gasteiger partial charge >= 0.3 is 0 Å². The molecule has 0 radical (unpaired) electrons. The van der Waals surface area contributed by atoms with Gasteiger partial charge in [0.15, 0.2) is 0 Å². The lowest BCUT2D eigenvalue weighted by Gasteiger charge is -2.24. The van der Waals surface area contributed by atoms with Crippen molar-refractivity contribution in [3.63, 3.8) is 0 Å². The van der Waals surface area contributed by atoms with Gasteiger partial charge in [-0.15, -0.1) is 0 Å². The first-order valence-corrected chi connectivity index (χ1v) is 11.7. The van der Waals surface area contributed by atoms with Crippen LogP contribution in [0.25, 0.3) is 0 Å². The summed E-state index contributed by atoms with van der Waals surface area (Å²) in [5, 5.41) is 3.28. The first-order valence-electron chi connectivity index (χ1n) is 9.12. The smallest absolute Gasteiger partial charge is 0.264 e. The molecule has 3 rings (SSSR count). The van der Waals surface area contributed by atoms with Crippen molar-refractivity contribution in [1.82, 2.24) is 5.32 Å². The number of aryl methyl sites for hydroxylation is 1. The first kappa shape index (κ1) is 22.3. The summed E-state index contributed by atoms with van der Waals surface area (Å²) in [5.41, 5.74) is 2.09. The summed E-state index contributed by atoms with van der Waals surface area (Å²) < 4.78 is 28.5. The molecular formula is C22H20BrClN2O3S. The maximum absolute atomic E-state index is 13.3. The maximum Gasteiger partial charge on any atom is 0.264 e. The summed E-state index contributed by atoms with van der Waals surface area (Å²) in [7, 11) is -3.94. The van der Waals surface area contributed by atoms with Gasteiger partial charge in [0, 0.05) is 16.0 Å². The number of rotatable bonds is 7. The van der Waals surface area contributed by atoms with Gasteiger partial charge in [-0.1, -0.05) is 63.4 Å². The Labute approximate surface area is 189 Å². The Bertz CT molecular complexity index is 1130. The van der Waals surface area contributed by atoms with Crippen molar-refractivity contribution in [2.75, 3.05) is 10.8 Å². The van der Waals surface area contributed by atoms with Gasteiger partial charge in [-0.25, -0.2) is 8.42 Å². The number of carbonyl (C=O) groups excluding carboxylic acids is 1. The molecule has 3 aromatic rings. The minimum Gasteiger partial charge on any atom is -0.350 e. The molecule has 0 fully saturated rings.